The Morgan fingerprint density at radius 2 is 1.87 bits per heavy atom. The van der Waals surface area contributed by atoms with Crippen molar-refractivity contribution in [2.45, 2.75) is 39.2 Å². The molecule has 0 radical (unpaired) electrons. The van der Waals surface area contributed by atoms with Gasteiger partial charge < -0.3 is 10.5 Å². The number of benzene rings is 1. The zero-order chi connectivity index (χ0) is 11.5. The number of ether oxygens (including phenoxy) is 1. The van der Waals surface area contributed by atoms with Crippen LogP contribution < -0.4 is 10.5 Å². The van der Waals surface area contributed by atoms with Gasteiger partial charge in [0.2, 0.25) is 0 Å². The van der Waals surface area contributed by atoms with E-state index in [1.807, 2.05) is 25.1 Å². The summed E-state index contributed by atoms with van der Waals surface area (Å²) in [6.07, 6.45) is 0. The highest BCUT2D eigenvalue weighted by atomic mass is 16.5. The van der Waals surface area contributed by atoms with Crippen LogP contribution in [-0.2, 0) is 5.41 Å². The molecule has 0 fully saturated rings. The van der Waals surface area contributed by atoms with Gasteiger partial charge in [0.05, 0.1) is 0 Å². The SMILES string of the molecule is C[C@H](N)COc1ccccc1C(C)(C)C. The van der Waals surface area contributed by atoms with Gasteiger partial charge in [0, 0.05) is 6.04 Å². The molecular formula is C13H21NO. The lowest BCUT2D eigenvalue weighted by molar-refractivity contribution is 0.289. The van der Waals surface area contributed by atoms with E-state index in [0.717, 1.165) is 5.75 Å². The molecule has 0 aliphatic heterocycles. The zero-order valence-electron chi connectivity index (χ0n) is 10.1. The third-order valence-corrected chi connectivity index (χ3v) is 2.20. The topological polar surface area (TPSA) is 35.2 Å². The second-order valence-corrected chi connectivity index (χ2v) is 5.03. The van der Waals surface area contributed by atoms with Crippen LogP contribution >= 0.6 is 0 Å². The summed E-state index contributed by atoms with van der Waals surface area (Å²) in [7, 11) is 0. The van der Waals surface area contributed by atoms with Gasteiger partial charge in [0.15, 0.2) is 0 Å². The second-order valence-electron chi connectivity index (χ2n) is 5.03. The molecule has 1 aromatic rings. The van der Waals surface area contributed by atoms with E-state index in [1.165, 1.54) is 5.56 Å². The first-order valence-electron chi connectivity index (χ1n) is 5.39. The third kappa shape index (κ3) is 3.56. The summed E-state index contributed by atoms with van der Waals surface area (Å²) in [6.45, 7) is 9.05. The quantitative estimate of drug-likeness (QED) is 0.827. The first kappa shape index (κ1) is 12.1. The fourth-order valence-electron chi connectivity index (χ4n) is 1.43. The number of hydrogen-bond acceptors (Lipinski definition) is 2. The van der Waals surface area contributed by atoms with E-state index >= 15 is 0 Å². The lowest BCUT2D eigenvalue weighted by Gasteiger charge is -2.23. The van der Waals surface area contributed by atoms with Crippen LogP contribution in [0.1, 0.15) is 33.3 Å². The van der Waals surface area contributed by atoms with Crippen molar-refractivity contribution in [2.75, 3.05) is 6.61 Å². The van der Waals surface area contributed by atoms with E-state index in [2.05, 4.69) is 26.8 Å². The van der Waals surface area contributed by atoms with Gasteiger partial charge in [-0.2, -0.15) is 0 Å². The van der Waals surface area contributed by atoms with Crippen molar-refractivity contribution in [3.8, 4) is 5.75 Å². The van der Waals surface area contributed by atoms with Gasteiger partial charge in [0.25, 0.3) is 0 Å². The lowest BCUT2D eigenvalue weighted by atomic mass is 9.86. The highest BCUT2D eigenvalue weighted by molar-refractivity contribution is 5.38. The second kappa shape index (κ2) is 4.67. The largest absolute Gasteiger partial charge is 0.492 e. The molecule has 0 saturated carbocycles. The molecule has 0 heterocycles. The normalized spacial score (nSPS) is 13.7. The maximum absolute atomic E-state index is 5.70. The van der Waals surface area contributed by atoms with E-state index in [4.69, 9.17) is 10.5 Å². The Morgan fingerprint density at radius 3 is 2.40 bits per heavy atom. The molecule has 84 valence electrons. The van der Waals surface area contributed by atoms with E-state index in [0.29, 0.717) is 6.61 Å². The lowest BCUT2D eigenvalue weighted by Crippen LogP contribution is -2.24. The van der Waals surface area contributed by atoms with Crippen molar-refractivity contribution < 1.29 is 4.74 Å². The van der Waals surface area contributed by atoms with Crippen molar-refractivity contribution >= 4 is 0 Å². The van der Waals surface area contributed by atoms with Gasteiger partial charge >= 0.3 is 0 Å². The van der Waals surface area contributed by atoms with E-state index < -0.39 is 0 Å². The molecule has 1 aromatic carbocycles. The Bertz CT molecular complexity index is 313. The number of para-hydroxylation sites is 1. The minimum atomic E-state index is 0.0676. The predicted octanol–water partition coefficient (Wildman–Crippen LogP) is 2.71. The van der Waals surface area contributed by atoms with Crippen molar-refractivity contribution in [1.29, 1.82) is 0 Å². The summed E-state index contributed by atoms with van der Waals surface area (Å²) in [6, 6.07) is 8.21. The van der Waals surface area contributed by atoms with Crippen LogP contribution in [0.2, 0.25) is 0 Å². The molecule has 2 heteroatoms. The minimum Gasteiger partial charge on any atom is -0.492 e. The fraction of sp³-hybridized carbons (Fsp3) is 0.538. The smallest absolute Gasteiger partial charge is 0.123 e. The Kier molecular flexibility index (Phi) is 3.75. The van der Waals surface area contributed by atoms with E-state index in [-0.39, 0.29) is 11.5 Å². The van der Waals surface area contributed by atoms with Crippen molar-refractivity contribution in [2.24, 2.45) is 5.73 Å². The van der Waals surface area contributed by atoms with Gasteiger partial charge in [-0.25, -0.2) is 0 Å². The average molecular weight is 207 g/mol. The number of hydrogen-bond donors (Lipinski definition) is 1. The molecule has 0 amide bonds. The number of rotatable bonds is 3. The van der Waals surface area contributed by atoms with Gasteiger partial charge in [-0.15, -0.1) is 0 Å². The maximum Gasteiger partial charge on any atom is 0.123 e. The molecule has 15 heavy (non-hydrogen) atoms. The average Bonchev–Trinajstić information content (AvgIpc) is 2.13. The van der Waals surface area contributed by atoms with Crippen LogP contribution in [0.3, 0.4) is 0 Å². The molecule has 1 atom stereocenters. The summed E-state index contributed by atoms with van der Waals surface area (Å²) in [5, 5.41) is 0. The molecule has 1 rings (SSSR count). The van der Waals surface area contributed by atoms with Crippen molar-refractivity contribution in [3.63, 3.8) is 0 Å². The fourth-order valence-corrected chi connectivity index (χ4v) is 1.43. The maximum atomic E-state index is 5.70. The Hall–Kier alpha value is -1.02. The summed E-state index contributed by atoms with van der Waals surface area (Å²) in [5.74, 6) is 0.947. The van der Waals surface area contributed by atoms with Crippen molar-refractivity contribution in [3.05, 3.63) is 29.8 Å². The Balaban J connectivity index is 2.87. The van der Waals surface area contributed by atoms with Crippen LogP contribution in [0.15, 0.2) is 24.3 Å². The Morgan fingerprint density at radius 1 is 1.27 bits per heavy atom. The minimum absolute atomic E-state index is 0.0676. The summed E-state index contributed by atoms with van der Waals surface area (Å²) in [4.78, 5) is 0. The van der Waals surface area contributed by atoms with Crippen LogP contribution in [0.5, 0.6) is 5.75 Å². The molecule has 0 spiro atoms. The molecule has 2 nitrogen and oxygen atoms in total. The van der Waals surface area contributed by atoms with Crippen LogP contribution in [0.25, 0.3) is 0 Å². The van der Waals surface area contributed by atoms with Crippen LogP contribution in [0, 0.1) is 0 Å². The molecule has 2 N–H and O–H groups in total. The zero-order valence-corrected chi connectivity index (χ0v) is 10.1. The predicted molar refractivity (Wildman–Crippen MR) is 64.3 cm³/mol. The molecule has 0 aromatic heterocycles. The van der Waals surface area contributed by atoms with Gasteiger partial charge in [-0.3, -0.25) is 0 Å². The molecule has 0 saturated heterocycles. The highest BCUT2D eigenvalue weighted by Crippen LogP contribution is 2.30. The van der Waals surface area contributed by atoms with Gasteiger partial charge in [0.1, 0.15) is 12.4 Å². The molecule has 0 bridgehead atoms. The molecule has 0 unspecified atom stereocenters. The molecule has 0 aliphatic rings. The third-order valence-electron chi connectivity index (χ3n) is 2.20. The van der Waals surface area contributed by atoms with Crippen LogP contribution in [-0.4, -0.2) is 12.6 Å². The van der Waals surface area contributed by atoms with E-state index in [9.17, 15) is 0 Å². The molecular weight excluding hydrogens is 186 g/mol. The number of nitrogens with two attached hydrogens (primary N) is 1. The van der Waals surface area contributed by atoms with Crippen molar-refractivity contribution in [1.82, 2.24) is 0 Å². The van der Waals surface area contributed by atoms with Crippen LogP contribution in [0.4, 0.5) is 0 Å². The summed E-state index contributed by atoms with van der Waals surface area (Å²) < 4.78 is 5.70. The first-order valence-corrected chi connectivity index (χ1v) is 5.39. The highest BCUT2D eigenvalue weighted by Gasteiger charge is 2.18. The molecule has 0 aliphatic carbocycles. The van der Waals surface area contributed by atoms with Gasteiger partial charge in [-0.1, -0.05) is 39.0 Å². The monoisotopic (exact) mass is 207 g/mol. The first-order chi connectivity index (χ1) is 6.91. The Labute approximate surface area is 92.4 Å². The summed E-state index contributed by atoms with van der Waals surface area (Å²) in [5.41, 5.74) is 7.01. The summed E-state index contributed by atoms with van der Waals surface area (Å²) >= 11 is 0. The van der Waals surface area contributed by atoms with Gasteiger partial charge in [-0.05, 0) is 24.0 Å². The standard InChI is InChI=1S/C13H21NO/c1-10(14)9-15-12-8-6-5-7-11(12)13(2,3)4/h5-8,10H,9,14H2,1-4H3/t10-/m0/s1. The van der Waals surface area contributed by atoms with E-state index in [1.54, 1.807) is 0 Å².